The number of hydrogen-bond donors (Lipinski definition) is 2. The minimum absolute atomic E-state index is 0.167. The maximum Gasteiger partial charge on any atom is 0.310 e. The van der Waals surface area contributed by atoms with Crippen LogP contribution in [0, 0.1) is 0 Å². The summed E-state index contributed by atoms with van der Waals surface area (Å²) in [7, 11) is 0. The number of aliphatic hydroxyl groups is 2. The molecule has 0 heterocycles. The van der Waals surface area contributed by atoms with Gasteiger partial charge in [0.2, 0.25) is 0 Å². The molecule has 0 aliphatic rings. The zero-order valence-electron chi connectivity index (χ0n) is 11.8. The Hall–Kier alpha value is -1.13. The molecule has 0 atom stereocenters. The number of carbonyl (C=O) groups is 1. The van der Waals surface area contributed by atoms with Crippen molar-refractivity contribution in [2.45, 2.75) is 51.6 Å². The Balaban J connectivity index is 3.59. The number of allylic oxidation sites excluding steroid dienone is 3. The van der Waals surface area contributed by atoms with Crippen LogP contribution in [0.1, 0.15) is 45.4 Å². The van der Waals surface area contributed by atoms with Gasteiger partial charge in [-0.2, -0.15) is 0 Å². The van der Waals surface area contributed by atoms with E-state index in [1.54, 1.807) is 6.08 Å². The van der Waals surface area contributed by atoms with Crippen LogP contribution in [0.25, 0.3) is 0 Å². The van der Waals surface area contributed by atoms with Gasteiger partial charge in [0.1, 0.15) is 6.10 Å². The van der Waals surface area contributed by atoms with E-state index in [0.717, 1.165) is 12.8 Å². The number of aliphatic hydroxyl groups excluding tert-OH is 2. The van der Waals surface area contributed by atoms with Crippen molar-refractivity contribution < 1.29 is 19.7 Å². The Morgan fingerprint density at radius 1 is 1.11 bits per heavy atom. The van der Waals surface area contributed by atoms with Gasteiger partial charge < -0.3 is 14.9 Å². The molecule has 0 fully saturated rings. The van der Waals surface area contributed by atoms with Crippen molar-refractivity contribution in [3.63, 3.8) is 0 Å². The number of carbonyl (C=O) groups excluding carboxylic acids is 1. The van der Waals surface area contributed by atoms with E-state index in [2.05, 4.69) is 19.1 Å². The van der Waals surface area contributed by atoms with Crippen LogP contribution in [-0.2, 0) is 9.53 Å². The van der Waals surface area contributed by atoms with Crippen molar-refractivity contribution in [3.8, 4) is 0 Å². The molecule has 0 aliphatic heterocycles. The van der Waals surface area contributed by atoms with Crippen LogP contribution >= 0.6 is 0 Å². The molecule has 19 heavy (non-hydrogen) atoms. The summed E-state index contributed by atoms with van der Waals surface area (Å²) >= 11 is 0. The highest BCUT2D eigenvalue weighted by Gasteiger charge is 2.10. The summed E-state index contributed by atoms with van der Waals surface area (Å²) in [4.78, 5) is 11.3. The fraction of sp³-hybridized carbons (Fsp3) is 0.667. The van der Waals surface area contributed by atoms with Gasteiger partial charge in [-0.05, 0) is 19.3 Å². The Morgan fingerprint density at radius 3 is 2.42 bits per heavy atom. The third kappa shape index (κ3) is 11.7. The van der Waals surface area contributed by atoms with Crippen LogP contribution in [-0.4, -0.2) is 35.5 Å². The lowest BCUT2D eigenvalue weighted by molar-refractivity contribution is -0.152. The summed E-state index contributed by atoms with van der Waals surface area (Å²) in [5.41, 5.74) is 0. The molecule has 0 aromatic carbocycles. The molecule has 0 amide bonds. The van der Waals surface area contributed by atoms with Crippen LogP contribution in [0.5, 0.6) is 0 Å². The molecule has 0 unspecified atom stereocenters. The third-order valence-electron chi connectivity index (χ3n) is 2.57. The first-order valence-electron chi connectivity index (χ1n) is 6.95. The van der Waals surface area contributed by atoms with Crippen LogP contribution < -0.4 is 0 Å². The molecule has 0 saturated heterocycles. The van der Waals surface area contributed by atoms with Crippen molar-refractivity contribution in [2.24, 2.45) is 0 Å². The standard InChI is InChI=1S/C15H26O4/c1-2-3-4-5-6-7-8-9-10-11-15(18)19-14(12-16)13-17/h6-7,9-10,14,16-17H,2-5,8,11-13H2,1H3/b7-6-,10-9-. The molecule has 0 aromatic heterocycles. The summed E-state index contributed by atoms with van der Waals surface area (Å²) in [5, 5.41) is 17.5. The number of hydrogen-bond acceptors (Lipinski definition) is 4. The van der Waals surface area contributed by atoms with Crippen LogP contribution in [0.2, 0.25) is 0 Å². The molecule has 4 nitrogen and oxygen atoms in total. The average molecular weight is 270 g/mol. The van der Waals surface area contributed by atoms with E-state index < -0.39 is 12.1 Å². The fourth-order valence-corrected chi connectivity index (χ4v) is 1.45. The predicted octanol–water partition coefficient (Wildman–Crippen LogP) is 2.36. The zero-order chi connectivity index (χ0) is 14.3. The predicted molar refractivity (Wildman–Crippen MR) is 75.7 cm³/mol. The fourth-order valence-electron chi connectivity index (χ4n) is 1.45. The Morgan fingerprint density at radius 2 is 1.79 bits per heavy atom. The number of unbranched alkanes of at least 4 members (excludes halogenated alkanes) is 3. The molecular formula is C15H26O4. The molecule has 110 valence electrons. The van der Waals surface area contributed by atoms with Gasteiger partial charge in [-0.15, -0.1) is 0 Å². The first kappa shape index (κ1) is 17.9. The molecule has 0 saturated carbocycles. The monoisotopic (exact) mass is 270 g/mol. The van der Waals surface area contributed by atoms with Gasteiger partial charge in [-0.3, -0.25) is 4.79 Å². The minimum Gasteiger partial charge on any atom is -0.457 e. The summed E-state index contributed by atoms with van der Waals surface area (Å²) in [6.07, 6.45) is 12.9. The van der Waals surface area contributed by atoms with E-state index >= 15 is 0 Å². The Bertz CT molecular complexity index is 267. The van der Waals surface area contributed by atoms with E-state index in [0.29, 0.717) is 0 Å². The number of ether oxygens (including phenoxy) is 1. The highest BCUT2D eigenvalue weighted by molar-refractivity contribution is 5.71. The van der Waals surface area contributed by atoms with Crippen LogP contribution in [0.4, 0.5) is 0 Å². The molecule has 0 bridgehead atoms. The molecule has 0 aromatic rings. The van der Waals surface area contributed by atoms with E-state index in [1.165, 1.54) is 19.3 Å². The lowest BCUT2D eigenvalue weighted by Crippen LogP contribution is -2.25. The topological polar surface area (TPSA) is 66.8 Å². The van der Waals surface area contributed by atoms with Crippen molar-refractivity contribution in [1.29, 1.82) is 0 Å². The second kappa shape index (κ2) is 13.3. The SMILES string of the molecule is CCCCC/C=C\C/C=C\CC(=O)OC(CO)CO. The van der Waals surface area contributed by atoms with Crippen molar-refractivity contribution >= 4 is 5.97 Å². The van der Waals surface area contributed by atoms with Crippen molar-refractivity contribution in [3.05, 3.63) is 24.3 Å². The van der Waals surface area contributed by atoms with Gasteiger partial charge in [0.15, 0.2) is 0 Å². The van der Waals surface area contributed by atoms with E-state index in [1.807, 2.05) is 6.08 Å². The first-order valence-corrected chi connectivity index (χ1v) is 6.95. The minimum atomic E-state index is -0.806. The van der Waals surface area contributed by atoms with E-state index in [9.17, 15) is 4.79 Å². The summed E-state index contributed by atoms with van der Waals surface area (Å²) < 4.78 is 4.81. The van der Waals surface area contributed by atoms with E-state index in [-0.39, 0.29) is 19.6 Å². The Kier molecular flexibility index (Phi) is 12.5. The van der Waals surface area contributed by atoms with E-state index in [4.69, 9.17) is 14.9 Å². The Labute approximate surface area is 115 Å². The highest BCUT2D eigenvalue weighted by atomic mass is 16.6. The lowest BCUT2D eigenvalue weighted by Gasteiger charge is -2.11. The molecule has 0 spiro atoms. The van der Waals surface area contributed by atoms with Gasteiger partial charge >= 0.3 is 5.97 Å². The maximum absolute atomic E-state index is 11.3. The molecule has 0 radical (unpaired) electrons. The van der Waals surface area contributed by atoms with Gasteiger partial charge in [0.05, 0.1) is 19.6 Å². The highest BCUT2D eigenvalue weighted by Crippen LogP contribution is 2.01. The van der Waals surface area contributed by atoms with Gasteiger partial charge in [0, 0.05) is 0 Å². The summed E-state index contributed by atoms with van der Waals surface area (Å²) in [6, 6.07) is 0. The molecule has 0 rings (SSSR count). The lowest BCUT2D eigenvalue weighted by atomic mass is 10.2. The second-order valence-corrected chi connectivity index (χ2v) is 4.36. The molecular weight excluding hydrogens is 244 g/mol. The largest absolute Gasteiger partial charge is 0.457 e. The zero-order valence-corrected chi connectivity index (χ0v) is 11.8. The van der Waals surface area contributed by atoms with Gasteiger partial charge in [0.25, 0.3) is 0 Å². The molecule has 0 aliphatic carbocycles. The second-order valence-electron chi connectivity index (χ2n) is 4.36. The molecule has 2 N–H and O–H groups in total. The maximum atomic E-state index is 11.3. The number of esters is 1. The summed E-state index contributed by atoms with van der Waals surface area (Å²) in [5.74, 6) is -0.434. The molecule has 4 heteroatoms. The van der Waals surface area contributed by atoms with Crippen molar-refractivity contribution in [2.75, 3.05) is 13.2 Å². The average Bonchev–Trinajstić information content (AvgIpc) is 2.43. The van der Waals surface area contributed by atoms with Crippen LogP contribution in [0.15, 0.2) is 24.3 Å². The smallest absolute Gasteiger partial charge is 0.310 e. The van der Waals surface area contributed by atoms with Crippen molar-refractivity contribution in [1.82, 2.24) is 0 Å². The quantitative estimate of drug-likeness (QED) is 0.343. The third-order valence-corrected chi connectivity index (χ3v) is 2.57. The summed E-state index contributed by atoms with van der Waals surface area (Å²) in [6.45, 7) is 1.47. The van der Waals surface area contributed by atoms with Gasteiger partial charge in [-0.25, -0.2) is 0 Å². The number of rotatable bonds is 11. The van der Waals surface area contributed by atoms with Gasteiger partial charge in [-0.1, -0.05) is 44.1 Å². The van der Waals surface area contributed by atoms with Crippen LogP contribution in [0.3, 0.4) is 0 Å². The normalized spacial score (nSPS) is 11.8. The first-order chi connectivity index (χ1) is 9.24.